The van der Waals surface area contributed by atoms with Gasteiger partial charge in [0.15, 0.2) is 0 Å². The summed E-state index contributed by atoms with van der Waals surface area (Å²) in [4.78, 5) is 12.0. The monoisotopic (exact) mass is 327 g/mol. The molecule has 1 aromatic carbocycles. The van der Waals surface area contributed by atoms with Crippen molar-refractivity contribution >= 4 is 39.1 Å². The van der Waals surface area contributed by atoms with Crippen molar-refractivity contribution in [3.05, 3.63) is 50.8 Å². The highest BCUT2D eigenvalue weighted by Gasteiger charge is 2.14. The minimum absolute atomic E-state index is 0.228. The highest BCUT2D eigenvalue weighted by atomic mass is 79.9. The van der Waals surface area contributed by atoms with Crippen LogP contribution in [0.1, 0.15) is 21.9 Å². The number of furan rings is 1. The van der Waals surface area contributed by atoms with Crippen LogP contribution in [0.15, 0.2) is 33.2 Å². The van der Waals surface area contributed by atoms with Gasteiger partial charge >= 0.3 is 0 Å². The molecule has 0 saturated carbocycles. The summed E-state index contributed by atoms with van der Waals surface area (Å²) in [6.07, 6.45) is 0. The molecular formula is C13H11BrClNO2. The first-order valence-electron chi connectivity index (χ1n) is 5.31. The molecule has 1 aromatic heterocycles. The number of halogens is 2. The largest absolute Gasteiger partial charge is 0.466 e. The minimum Gasteiger partial charge on any atom is -0.466 e. The lowest BCUT2D eigenvalue weighted by molar-refractivity contribution is 0.102. The second-order valence-corrected chi connectivity index (χ2v) is 5.23. The van der Waals surface area contributed by atoms with Gasteiger partial charge in [-0.25, -0.2) is 0 Å². The van der Waals surface area contributed by atoms with Crippen molar-refractivity contribution in [1.82, 2.24) is 0 Å². The van der Waals surface area contributed by atoms with Crippen molar-refractivity contribution in [3.8, 4) is 0 Å². The van der Waals surface area contributed by atoms with Crippen LogP contribution in [0.4, 0.5) is 5.69 Å². The number of amides is 1. The molecule has 5 heteroatoms. The maximum absolute atomic E-state index is 12.0. The smallest absolute Gasteiger partial charge is 0.259 e. The van der Waals surface area contributed by atoms with E-state index in [0.717, 1.165) is 4.47 Å². The van der Waals surface area contributed by atoms with Gasteiger partial charge in [-0.15, -0.1) is 0 Å². The maximum Gasteiger partial charge on any atom is 0.259 e. The van der Waals surface area contributed by atoms with Gasteiger partial charge in [-0.3, -0.25) is 4.79 Å². The topological polar surface area (TPSA) is 42.2 Å². The molecule has 2 rings (SSSR count). The van der Waals surface area contributed by atoms with E-state index in [0.29, 0.717) is 27.8 Å². The summed E-state index contributed by atoms with van der Waals surface area (Å²) in [6.45, 7) is 3.56. The molecule has 1 N–H and O–H groups in total. The number of hydrogen-bond acceptors (Lipinski definition) is 2. The van der Waals surface area contributed by atoms with Crippen LogP contribution in [-0.4, -0.2) is 5.91 Å². The lowest BCUT2D eigenvalue weighted by atomic mass is 10.2. The Balaban J connectivity index is 2.24. The molecule has 0 spiro atoms. The quantitative estimate of drug-likeness (QED) is 0.877. The third-order valence-corrected chi connectivity index (χ3v) is 3.27. The zero-order valence-corrected chi connectivity index (χ0v) is 12.2. The summed E-state index contributed by atoms with van der Waals surface area (Å²) >= 11 is 9.35. The molecule has 1 amide bonds. The molecule has 0 unspecified atom stereocenters. The summed E-state index contributed by atoms with van der Waals surface area (Å²) in [5, 5.41) is 3.24. The fourth-order valence-electron chi connectivity index (χ4n) is 1.64. The van der Waals surface area contributed by atoms with Gasteiger partial charge in [0.1, 0.15) is 11.5 Å². The zero-order chi connectivity index (χ0) is 13.3. The number of nitrogens with one attached hydrogen (secondary N) is 1. The third kappa shape index (κ3) is 2.76. The van der Waals surface area contributed by atoms with Crippen LogP contribution in [0.2, 0.25) is 5.02 Å². The van der Waals surface area contributed by atoms with Crippen molar-refractivity contribution in [3.63, 3.8) is 0 Å². The number of rotatable bonds is 2. The molecule has 1 heterocycles. The van der Waals surface area contributed by atoms with Gasteiger partial charge in [0.25, 0.3) is 5.91 Å². The molecule has 0 radical (unpaired) electrons. The zero-order valence-electron chi connectivity index (χ0n) is 9.88. The molecule has 0 atom stereocenters. The first-order valence-corrected chi connectivity index (χ1v) is 6.48. The third-order valence-electron chi connectivity index (χ3n) is 2.46. The summed E-state index contributed by atoms with van der Waals surface area (Å²) in [6, 6.07) is 6.99. The van der Waals surface area contributed by atoms with Gasteiger partial charge in [0.05, 0.1) is 16.3 Å². The van der Waals surface area contributed by atoms with E-state index in [9.17, 15) is 4.79 Å². The molecule has 94 valence electrons. The molecule has 0 saturated heterocycles. The molecule has 2 aromatic rings. The number of benzene rings is 1. The van der Waals surface area contributed by atoms with E-state index in [2.05, 4.69) is 21.2 Å². The molecule has 3 nitrogen and oxygen atoms in total. The normalized spacial score (nSPS) is 10.4. The molecule has 0 aliphatic rings. The van der Waals surface area contributed by atoms with Gasteiger partial charge < -0.3 is 9.73 Å². The lowest BCUT2D eigenvalue weighted by Gasteiger charge is -2.06. The van der Waals surface area contributed by atoms with E-state index in [1.807, 2.05) is 6.07 Å². The van der Waals surface area contributed by atoms with Gasteiger partial charge in [0, 0.05) is 4.47 Å². The fraction of sp³-hybridized carbons (Fsp3) is 0.154. The molecular weight excluding hydrogens is 318 g/mol. The molecule has 0 bridgehead atoms. The van der Waals surface area contributed by atoms with E-state index in [1.54, 1.807) is 32.0 Å². The van der Waals surface area contributed by atoms with Crippen molar-refractivity contribution in [2.24, 2.45) is 0 Å². The van der Waals surface area contributed by atoms with E-state index in [1.165, 1.54) is 0 Å². The van der Waals surface area contributed by atoms with Crippen molar-refractivity contribution in [2.45, 2.75) is 13.8 Å². The average Bonchev–Trinajstić information content (AvgIpc) is 2.62. The van der Waals surface area contributed by atoms with Gasteiger partial charge in [-0.2, -0.15) is 0 Å². The van der Waals surface area contributed by atoms with Crippen LogP contribution in [0.25, 0.3) is 0 Å². The first kappa shape index (κ1) is 13.2. The predicted octanol–water partition coefficient (Wildman–Crippen LogP) is 4.56. The summed E-state index contributed by atoms with van der Waals surface area (Å²) < 4.78 is 6.18. The number of anilines is 1. The average molecular weight is 329 g/mol. The standard InChI is InChI=1S/C13H11BrClNO2/c1-7-5-10(8(2)18-7)13(17)16-12-4-3-9(14)6-11(12)15/h3-6H,1-2H3,(H,16,17). The van der Waals surface area contributed by atoms with Crippen molar-refractivity contribution in [2.75, 3.05) is 5.32 Å². The van der Waals surface area contributed by atoms with Crippen LogP contribution >= 0.6 is 27.5 Å². The lowest BCUT2D eigenvalue weighted by Crippen LogP contribution is -2.12. The van der Waals surface area contributed by atoms with Gasteiger partial charge in [-0.1, -0.05) is 27.5 Å². The molecule has 0 aliphatic carbocycles. The highest BCUT2D eigenvalue weighted by molar-refractivity contribution is 9.10. The molecule has 0 fully saturated rings. The Morgan fingerprint density at radius 2 is 2.06 bits per heavy atom. The molecule has 0 aliphatic heterocycles. The van der Waals surface area contributed by atoms with Crippen LogP contribution < -0.4 is 5.32 Å². The Labute approximate surface area is 118 Å². The van der Waals surface area contributed by atoms with Crippen molar-refractivity contribution < 1.29 is 9.21 Å². The van der Waals surface area contributed by atoms with Crippen LogP contribution in [0, 0.1) is 13.8 Å². The van der Waals surface area contributed by atoms with Crippen LogP contribution in [0.3, 0.4) is 0 Å². The number of carbonyl (C=O) groups excluding carboxylic acids is 1. The highest BCUT2D eigenvalue weighted by Crippen LogP contribution is 2.26. The second-order valence-electron chi connectivity index (χ2n) is 3.91. The Bertz CT molecular complexity index is 607. The van der Waals surface area contributed by atoms with Crippen LogP contribution in [-0.2, 0) is 0 Å². The summed E-state index contributed by atoms with van der Waals surface area (Å²) in [5.74, 6) is 1.08. The Kier molecular flexibility index (Phi) is 3.78. The molecule has 18 heavy (non-hydrogen) atoms. The second kappa shape index (κ2) is 5.16. The first-order chi connectivity index (χ1) is 8.47. The van der Waals surface area contributed by atoms with Gasteiger partial charge in [0.2, 0.25) is 0 Å². The van der Waals surface area contributed by atoms with E-state index < -0.39 is 0 Å². The van der Waals surface area contributed by atoms with Gasteiger partial charge in [-0.05, 0) is 38.1 Å². The van der Waals surface area contributed by atoms with Crippen LogP contribution in [0.5, 0.6) is 0 Å². The minimum atomic E-state index is -0.228. The predicted molar refractivity (Wildman–Crippen MR) is 75.3 cm³/mol. The number of aryl methyl sites for hydroxylation is 2. The van der Waals surface area contributed by atoms with Crippen molar-refractivity contribution in [1.29, 1.82) is 0 Å². The number of hydrogen-bond donors (Lipinski definition) is 1. The summed E-state index contributed by atoms with van der Waals surface area (Å²) in [5.41, 5.74) is 1.09. The fourth-order valence-corrected chi connectivity index (χ4v) is 2.36. The van der Waals surface area contributed by atoms with E-state index in [4.69, 9.17) is 16.0 Å². The van der Waals surface area contributed by atoms with E-state index >= 15 is 0 Å². The SMILES string of the molecule is Cc1cc(C(=O)Nc2ccc(Br)cc2Cl)c(C)o1. The number of carbonyl (C=O) groups is 1. The maximum atomic E-state index is 12.0. The summed E-state index contributed by atoms with van der Waals surface area (Å²) in [7, 11) is 0. The Morgan fingerprint density at radius 3 is 2.61 bits per heavy atom. The Morgan fingerprint density at radius 1 is 1.33 bits per heavy atom. The Hall–Kier alpha value is -1.26. The van der Waals surface area contributed by atoms with E-state index in [-0.39, 0.29) is 5.91 Å².